The maximum Gasteiger partial charge on any atom is 0.343 e. The lowest BCUT2D eigenvalue weighted by atomic mass is 9.67. The zero-order chi connectivity index (χ0) is 25.7. The molecule has 0 unspecified atom stereocenters. The number of hydrogen-bond acceptors (Lipinski definition) is 8. The highest BCUT2D eigenvalue weighted by atomic mass is 16.7. The Labute approximate surface area is 214 Å². The second kappa shape index (κ2) is 9.03. The second-order valence-electron chi connectivity index (χ2n) is 9.52. The Morgan fingerprint density at radius 3 is 2.38 bits per heavy atom. The van der Waals surface area contributed by atoms with Crippen LogP contribution in [0.4, 0.5) is 0 Å². The van der Waals surface area contributed by atoms with Crippen molar-refractivity contribution in [3.8, 4) is 28.7 Å². The van der Waals surface area contributed by atoms with Crippen molar-refractivity contribution >= 4 is 11.9 Å². The molecule has 2 aliphatic heterocycles. The molecule has 8 heteroatoms. The van der Waals surface area contributed by atoms with E-state index in [0.717, 1.165) is 22.3 Å². The molecule has 0 N–H and O–H groups in total. The first-order chi connectivity index (χ1) is 18.0. The number of carbonyl (C=O) groups excluding carboxylic acids is 2. The quantitative estimate of drug-likeness (QED) is 0.374. The summed E-state index contributed by atoms with van der Waals surface area (Å²) in [5.41, 5.74) is 4.21. The first-order valence-electron chi connectivity index (χ1n) is 12.1. The lowest BCUT2D eigenvalue weighted by Gasteiger charge is -2.34. The number of esters is 2. The van der Waals surface area contributed by atoms with Gasteiger partial charge in [0.25, 0.3) is 0 Å². The molecule has 8 nitrogen and oxygen atoms in total. The van der Waals surface area contributed by atoms with Crippen molar-refractivity contribution in [1.82, 2.24) is 0 Å². The van der Waals surface area contributed by atoms with Crippen LogP contribution in [0.5, 0.6) is 28.7 Å². The largest absolute Gasteiger partial charge is 0.493 e. The molecule has 3 atom stereocenters. The van der Waals surface area contributed by atoms with Crippen LogP contribution in [0.25, 0.3) is 0 Å². The number of carbonyl (C=O) groups is 2. The van der Waals surface area contributed by atoms with Crippen molar-refractivity contribution in [2.75, 3.05) is 27.6 Å². The summed E-state index contributed by atoms with van der Waals surface area (Å²) >= 11 is 0. The van der Waals surface area contributed by atoms with Gasteiger partial charge in [-0.15, -0.1) is 0 Å². The van der Waals surface area contributed by atoms with E-state index in [9.17, 15) is 9.59 Å². The van der Waals surface area contributed by atoms with Gasteiger partial charge >= 0.3 is 11.9 Å². The van der Waals surface area contributed by atoms with E-state index < -0.39 is 5.97 Å². The number of rotatable bonds is 5. The highest BCUT2D eigenvalue weighted by molar-refractivity contribution is 5.92. The van der Waals surface area contributed by atoms with Crippen LogP contribution in [-0.2, 0) is 16.0 Å². The van der Waals surface area contributed by atoms with E-state index in [1.54, 1.807) is 30.3 Å². The van der Waals surface area contributed by atoms with Crippen LogP contribution in [0.2, 0.25) is 0 Å². The zero-order valence-electron chi connectivity index (χ0n) is 20.7. The Morgan fingerprint density at radius 2 is 1.68 bits per heavy atom. The summed E-state index contributed by atoms with van der Waals surface area (Å²) in [6.45, 7) is 2.44. The van der Waals surface area contributed by atoms with E-state index in [1.807, 2.05) is 25.1 Å². The van der Waals surface area contributed by atoms with Crippen LogP contribution in [0.3, 0.4) is 0 Å². The first-order valence-corrected chi connectivity index (χ1v) is 12.1. The molecule has 3 aromatic carbocycles. The fraction of sp³-hybridized carbons (Fsp3) is 0.310. The van der Waals surface area contributed by atoms with Gasteiger partial charge in [0, 0.05) is 11.8 Å². The number of ether oxygens (including phenoxy) is 6. The van der Waals surface area contributed by atoms with Crippen LogP contribution in [0, 0.1) is 18.8 Å². The number of hydrogen-bond donors (Lipinski definition) is 0. The van der Waals surface area contributed by atoms with Crippen LogP contribution >= 0.6 is 0 Å². The maximum atomic E-state index is 12.9. The second-order valence-corrected chi connectivity index (χ2v) is 9.52. The van der Waals surface area contributed by atoms with E-state index >= 15 is 0 Å². The van der Waals surface area contributed by atoms with Gasteiger partial charge in [0.2, 0.25) is 12.5 Å². The molecule has 0 spiro atoms. The van der Waals surface area contributed by atoms with E-state index in [2.05, 4.69) is 0 Å². The molecule has 2 heterocycles. The van der Waals surface area contributed by atoms with Crippen LogP contribution in [0.15, 0.2) is 48.5 Å². The lowest BCUT2D eigenvalue weighted by Crippen LogP contribution is -2.31. The minimum absolute atomic E-state index is 0.0289. The predicted octanol–water partition coefficient (Wildman–Crippen LogP) is 4.44. The van der Waals surface area contributed by atoms with E-state index in [4.69, 9.17) is 28.4 Å². The molecular weight excluding hydrogens is 476 g/mol. The monoisotopic (exact) mass is 502 g/mol. The minimum atomic E-state index is -0.525. The van der Waals surface area contributed by atoms with Crippen molar-refractivity contribution in [2.24, 2.45) is 11.8 Å². The molecule has 190 valence electrons. The molecule has 37 heavy (non-hydrogen) atoms. The third kappa shape index (κ3) is 3.93. The molecule has 3 aliphatic rings. The Kier molecular flexibility index (Phi) is 5.67. The van der Waals surface area contributed by atoms with Crippen LogP contribution in [0.1, 0.15) is 38.5 Å². The third-order valence-corrected chi connectivity index (χ3v) is 7.32. The third-order valence-electron chi connectivity index (χ3n) is 7.32. The minimum Gasteiger partial charge on any atom is -0.493 e. The normalized spacial score (nSPS) is 21.1. The smallest absolute Gasteiger partial charge is 0.343 e. The summed E-state index contributed by atoms with van der Waals surface area (Å²) in [6.07, 6.45) is 0.708. The highest BCUT2D eigenvalue weighted by Crippen LogP contribution is 2.52. The van der Waals surface area contributed by atoms with Crippen LogP contribution < -0.4 is 23.7 Å². The van der Waals surface area contributed by atoms with Crippen molar-refractivity contribution in [2.45, 2.75) is 19.3 Å². The molecule has 0 amide bonds. The van der Waals surface area contributed by atoms with Gasteiger partial charge in [-0.05, 0) is 66.4 Å². The number of benzene rings is 3. The molecule has 3 aromatic rings. The molecule has 0 bridgehead atoms. The van der Waals surface area contributed by atoms with Gasteiger partial charge in [-0.1, -0.05) is 17.7 Å². The molecule has 0 aromatic heterocycles. The lowest BCUT2D eigenvalue weighted by molar-refractivity contribution is -0.141. The molecule has 0 saturated carbocycles. The number of cyclic esters (lactones) is 1. The fourth-order valence-electron chi connectivity index (χ4n) is 5.61. The van der Waals surface area contributed by atoms with Gasteiger partial charge in [0.05, 0.1) is 32.3 Å². The van der Waals surface area contributed by atoms with E-state index in [0.29, 0.717) is 41.6 Å². The number of methoxy groups -OCH3 is 2. The van der Waals surface area contributed by atoms with E-state index in [-0.39, 0.29) is 36.3 Å². The summed E-state index contributed by atoms with van der Waals surface area (Å²) in [6, 6.07) is 14.7. The van der Waals surface area contributed by atoms with Gasteiger partial charge in [0.15, 0.2) is 23.0 Å². The molecule has 1 saturated heterocycles. The van der Waals surface area contributed by atoms with Gasteiger partial charge in [-0.2, -0.15) is 0 Å². The topological polar surface area (TPSA) is 89.5 Å². The van der Waals surface area contributed by atoms with Crippen molar-refractivity contribution in [3.63, 3.8) is 0 Å². The van der Waals surface area contributed by atoms with Gasteiger partial charge in [-0.3, -0.25) is 4.79 Å². The Hall–Kier alpha value is -4.20. The summed E-state index contributed by atoms with van der Waals surface area (Å²) in [5.74, 6) is 0.747. The SMILES string of the molecule is COc1cc([C@@H]2c3cc4c(cc3C[C@H]3COC(=O)[C@@H]32)OCO4)cc(OC)c1OC(=O)c1cccc(C)c1. The molecule has 1 fully saturated rings. The summed E-state index contributed by atoms with van der Waals surface area (Å²) in [5, 5.41) is 0. The fourth-order valence-corrected chi connectivity index (χ4v) is 5.61. The summed E-state index contributed by atoms with van der Waals surface area (Å²) < 4.78 is 33.8. The van der Waals surface area contributed by atoms with Crippen molar-refractivity contribution in [3.05, 3.63) is 76.3 Å². The molecule has 6 rings (SSSR count). The average molecular weight is 503 g/mol. The highest BCUT2D eigenvalue weighted by Gasteiger charge is 2.48. The molecular formula is C29H26O8. The number of aryl methyl sites for hydroxylation is 1. The zero-order valence-corrected chi connectivity index (χ0v) is 20.7. The Balaban J connectivity index is 1.45. The van der Waals surface area contributed by atoms with Gasteiger partial charge in [0.1, 0.15) is 0 Å². The predicted molar refractivity (Wildman–Crippen MR) is 132 cm³/mol. The van der Waals surface area contributed by atoms with Gasteiger partial charge < -0.3 is 28.4 Å². The Bertz CT molecular complexity index is 1390. The standard InChI is InChI=1S/C29H26O8/c1-15-5-4-6-16(7-15)28(30)37-27-23(32-2)10-18(11-24(27)33-3)25-20-12-22-21(35-14-36-22)9-17(20)8-19-13-34-29(31)26(19)25/h4-7,9-12,19,25-26H,8,13-14H2,1-3H3/t19-,25+,26-/m0/s1. The number of fused-ring (bicyclic) bond motifs is 3. The van der Waals surface area contributed by atoms with Gasteiger partial charge in [-0.25, -0.2) is 4.79 Å². The summed E-state index contributed by atoms with van der Waals surface area (Å²) in [4.78, 5) is 25.9. The molecule has 1 aliphatic carbocycles. The molecule has 0 radical (unpaired) electrons. The van der Waals surface area contributed by atoms with E-state index in [1.165, 1.54) is 14.2 Å². The first kappa shape index (κ1) is 23.2. The van der Waals surface area contributed by atoms with Crippen LogP contribution in [-0.4, -0.2) is 39.6 Å². The summed E-state index contributed by atoms with van der Waals surface area (Å²) in [7, 11) is 3.00. The maximum absolute atomic E-state index is 12.9. The Morgan fingerprint density at radius 1 is 0.946 bits per heavy atom. The van der Waals surface area contributed by atoms with Crippen molar-refractivity contribution < 1.29 is 38.0 Å². The average Bonchev–Trinajstić information content (AvgIpc) is 3.51. The van der Waals surface area contributed by atoms with Crippen molar-refractivity contribution in [1.29, 1.82) is 0 Å².